The molecule has 0 atom stereocenters. The van der Waals surface area contributed by atoms with Gasteiger partial charge < -0.3 is 14.8 Å². The van der Waals surface area contributed by atoms with Crippen molar-refractivity contribution >= 4 is 17.1 Å². The molecule has 140 valence electrons. The zero-order valence-electron chi connectivity index (χ0n) is 16.5. The van der Waals surface area contributed by atoms with Crippen molar-refractivity contribution in [2.75, 3.05) is 18.5 Å². The standard InChI is InChI=1S/C22H30N2O2/c1-6-25-20-12-8-18(9-13-20)23-17(3)16-22(4,5)24-19-10-14-21(15-11-19)26-7-2/h8-15,24H,6-7,16H2,1-5H3. The Bertz CT molecular complexity index is 704. The van der Waals surface area contributed by atoms with E-state index in [0.717, 1.165) is 35.0 Å². The molecule has 2 rings (SSSR count). The number of hydrogen-bond acceptors (Lipinski definition) is 4. The van der Waals surface area contributed by atoms with Gasteiger partial charge in [-0.3, -0.25) is 4.99 Å². The van der Waals surface area contributed by atoms with Gasteiger partial charge in [-0.05, 0) is 83.1 Å². The van der Waals surface area contributed by atoms with E-state index in [1.54, 1.807) is 0 Å². The largest absolute Gasteiger partial charge is 0.494 e. The number of rotatable bonds is 9. The van der Waals surface area contributed by atoms with Crippen LogP contribution >= 0.6 is 0 Å². The zero-order chi connectivity index (χ0) is 19.0. The van der Waals surface area contributed by atoms with Crippen LogP contribution < -0.4 is 14.8 Å². The number of hydrogen-bond donors (Lipinski definition) is 1. The van der Waals surface area contributed by atoms with Crippen LogP contribution in [0.2, 0.25) is 0 Å². The lowest BCUT2D eigenvalue weighted by atomic mass is 9.97. The minimum Gasteiger partial charge on any atom is -0.494 e. The summed E-state index contributed by atoms with van der Waals surface area (Å²) >= 11 is 0. The van der Waals surface area contributed by atoms with Crippen LogP contribution in [0.25, 0.3) is 0 Å². The van der Waals surface area contributed by atoms with Crippen molar-refractivity contribution in [3.63, 3.8) is 0 Å². The molecule has 2 aromatic rings. The van der Waals surface area contributed by atoms with Gasteiger partial charge in [-0.25, -0.2) is 0 Å². The molecule has 26 heavy (non-hydrogen) atoms. The van der Waals surface area contributed by atoms with E-state index in [4.69, 9.17) is 14.5 Å². The molecule has 0 aliphatic carbocycles. The average molecular weight is 354 g/mol. The number of nitrogens with zero attached hydrogens (tertiary/aromatic N) is 1. The number of anilines is 1. The van der Waals surface area contributed by atoms with Gasteiger partial charge in [-0.15, -0.1) is 0 Å². The third-order valence-corrected chi connectivity index (χ3v) is 3.81. The van der Waals surface area contributed by atoms with Gasteiger partial charge in [0.2, 0.25) is 0 Å². The highest BCUT2D eigenvalue weighted by Crippen LogP contribution is 2.23. The fourth-order valence-corrected chi connectivity index (χ4v) is 2.92. The Hall–Kier alpha value is -2.49. The van der Waals surface area contributed by atoms with Crippen LogP contribution in [0.5, 0.6) is 11.5 Å². The Kier molecular flexibility index (Phi) is 7.07. The summed E-state index contributed by atoms with van der Waals surface area (Å²) < 4.78 is 11.0. The number of benzene rings is 2. The Morgan fingerprint density at radius 2 is 1.38 bits per heavy atom. The summed E-state index contributed by atoms with van der Waals surface area (Å²) in [5.74, 6) is 1.77. The summed E-state index contributed by atoms with van der Waals surface area (Å²) in [5.41, 5.74) is 3.00. The molecule has 0 aliphatic rings. The monoisotopic (exact) mass is 354 g/mol. The molecule has 0 aromatic heterocycles. The molecule has 1 N–H and O–H groups in total. The molecule has 4 heteroatoms. The summed E-state index contributed by atoms with van der Waals surface area (Å²) in [5, 5.41) is 3.57. The minimum atomic E-state index is -0.105. The lowest BCUT2D eigenvalue weighted by molar-refractivity contribution is 0.340. The molecule has 0 heterocycles. The Morgan fingerprint density at radius 1 is 0.885 bits per heavy atom. The van der Waals surface area contributed by atoms with E-state index in [9.17, 15) is 0 Å². The number of nitrogens with one attached hydrogen (secondary N) is 1. The van der Waals surface area contributed by atoms with Crippen LogP contribution in [0, 0.1) is 0 Å². The maximum atomic E-state index is 5.49. The fraction of sp³-hybridized carbons (Fsp3) is 0.409. The molecule has 0 radical (unpaired) electrons. The highest BCUT2D eigenvalue weighted by Gasteiger charge is 2.18. The van der Waals surface area contributed by atoms with Gasteiger partial charge in [0.25, 0.3) is 0 Å². The second-order valence-electron chi connectivity index (χ2n) is 6.92. The predicted molar refractivity (Wildman–Crippen MR) is 110 cm³/mol. The predicted octanol–water partition coefficient (Wildman–Crippen LogP) is 5.86. The van der Waals surface area contributed by atoms with Crippen molar-refractivity contribution in [2.24, 2.45) is 4.99 Å². The van der Waals surface area contributed by atoms with E-state index < -0.39 is 0 Å². The summed E-state index contributed by atoms with van der Waals surface area (Å²) in [7, 11) is 0. The van der Waals surface area contributed by atoms with Gasteiger partial charge in [0, 0.05) is 23.4 Å². The van der Waals surface area contributed by atoms with Crippen LogP contribution in [0.15, 0.2) is 53.5 Å². The third kappa shape index (κ3) is 6.43. The molecule has 0 amide bonds. The van der Waals surface area contributed by atoms with Crippen molar-refractivity contribution in [2.45, 2.75) is 46.6 Å². The van der Waals surface area contributed by atoms with Gasteiger partial charge >= 0.3 is 0 Å². The molecule has 0 fully saturated rings. The SMILES string of the molecule is CCOc1ccc(N=C(C)CC(C)(C)Nc2ccc(OCC)cc2)cc1. The van der Waals surface area contributed by atoms with E-state index in [1.165, 1.54) is 0 Å². The van der Waals surface area contributed by atoms with E-state index in [-0.39, 0.29) is 5.54 Å². The molecular formula is C22H30N2O2. The van der Waals surface area contributed by atoms with Crippen molar-refractivity contribution in [3.8, 4) is 11.5 Å². The second kappa shape index (κ2) is 9.27. The molecule has 2 aromatic carbocycles. The maximum absolute atomic E-state index is 5.49. The number of ether oxygens (including phenoxy) is 2. The Labute approximate surface area is 157 Å². The van der Waals surface area contributed by atoms with Gasteiger partial charge in [0.1, 0.15) is 11.5 Å². The number of aliphatic imine (C=N–C) groups is 1. The highest BCUT2D eigenvalue weighted by molar-refractivity contribution is 5.86. The second-order valence-corrected chi connectivity index (χ2v) is 6.92. The normalized spacial score (nSPS) is 12.0. The van der Waals surface area contributed by atoms with Gasteiger partial charge in [0.05, 0.1) is 18.9 Å². The molecule has 0 saturated carbocycles. The first-order valence-corrected chi connectivity index (χ1v) is 9.20. The molecular weight excluding hydrogens is 324 g/mol. The molecule has 0 aliphatic heterocycles. The van der Waals surface area contributed by atoms with Crippen LogP contribution in [0.4, 0.5) is 11.4 Å². The van der Waals surface area contributed by atoms with Crippen LogP contribution in [0.1, 0.15) is 41.0 Å². The summed E-state index contributed by atoms with van der Waals surface area (Å²) in [6.07, 6.45) is 0.841. The third-order valence-electron chi connectivity index (χ3n) is 3.81. The molecule has 0 saturated heterocycles. The first kappa shape index (κ1) is 19.8. The average Bonchev–Trinajstić information content (AvgIpc) is 2.58. The van der Waals surface area contributed by atoms with E-state index >= 15 is 0 Å². The molecule has 0 spiro atoms. The summed E-state index contributed by atoms with van der Waals surface area (Å²) in [6.45, 7) is 11.8. The fourth-order valence-electron chi connectivity index (χ4n) is 2.92. The topological polar surface area (TPSA) is 42.8 Å². The van der Waals surface area contributed by atoms with E-state index in [2.05, 4.69) is 26.1 Å². The minimum absolute atomic E-state index is 0.105. The quantitative estimate of drug-likeness (QED) is 0.574. The summed E-state index contributed by atoms with van der Waals surface area (Å²) in [4.78, 5) is 4.73. The molecule has 0 bridgehead atoms. The summed E-state index contributed by atoms with van der Waals surface area (Å²) in [6, 6.07) is 16.0. The highest BCUT2D eigenvalue weighted by atomic mass is 16.5. The molecule has 4 nitrogen and oxygen atoms in total. The van der Waals surface area contributed by atoms with Crippen molar-refractivity contribution < 1.29 is 9.47 Å². The Morgan fingerprint density at radius 3 is 1.88 bits per heavy atom. The van der Waals surface area contributed by atoms with Crippen molar-refractivity contribution in [1.82, 2.24) is 0 Å². The van der Waals surface area contributed by atoms with E-state index in [0.29, 0.717) is 13.2 Å². The van der Waals surface area contributed by atoms with Crippen molar-refractivity contribution in [3.05, 3.63) is 48.5 Å². The molecule has 0 unspecified atom stereocenters. The van der Waals surface area contributed by atoms with Crippen LogP contribution in [0.3, 0.4) is 0 Å². The maximum Gasteiger partial charge on any atom is 0.119 e. The Balaban J connectivity index is 1.97. The van der Waals surface area contributed by atoms with E-state index in [1.807, 2.05) is 62.4 Å². The van der Waals surface area contributed by atoms with Gasteiger partial charge in [0.15, 0.2) is 0 Å². The lowest BCUT2D eigenvalue weighted by Gasteiger charge is -2.27. The smallest absolute Gasteiger partial charge is 0.119 e. The van der Waals surface area contributed by atoms with Gasteiger partial charge in [-0.2, -0.15) is 0 Å². The van der Waals surface area contributed by atoms with Crippen molar-refractivity contribution in [1.29, 1.82) is 0 Å². The van der Waals surface area contributed by atoms with Crippen LogP contribution in [-0.4, -0.2) is 24.5 Å². The first-order chi connectivity index (χ1) is 12.4. The lowest BCUT2D eigenvalue weighted by Crippen LogP contribution is -2.33. The van der Waals surface area contributed by atoms with Gasteiger partial charge in [-0.1, -0.05) is 0 Å². The zero-order valence-corrected chi connectivity index (χ0v) is 16.5. The first-order valence-electron chi connectivity index (χ1n) is 9.20. The van der Waals surface area contributed by atoms with Crippen LogP contribution in [-0.2, 0) is 0 Å².